The van der Waals surface area contributed by atoms with Crippen molar-refractivity contribution < 1.29 is 4.79 Å². The van der Waals surface area contributed by atoms with E-state index < -0.39 is 0 Å². The van der Waals surface area contributed by atoms with E-state index in [4.69, 9.17) is 0 Å². The highest BCUT2D eigenvalue weighted by Gasteiger charge is 2.21. The highest BCUT2D eigenvalue weighted by Crippen LogP contribution is 2.15. The van der Waals surface area contributed by atoms with Crippen LogP contribution in [0.25, 0.3) is 0 Å². The summed E-state index contributed by atoms with van der Waals surface area (Å²) >= 11 is 0. The van der Waals surface area contributed by atoms with Gasteiger partial charge in [-0.2, -0.15) is 0 Å². The van der Waals surface area contributed by atoms with Gasteiger partial charge in [0.15, 0.2) is 0 Å². The Hall–Kier alpha value is -1.05. The van der Waals surface area contributed by atoms with Crippen LogP contribution >= 0.6 is 0 Å². The second kappa shape index (κ2) is 4.99. The normalized spacial score (nSPS) is 13.2. The number of allylic oxidation sites excluding steroid dienone is 2. The molecule has 0 unspecified atom stereocenters. The van der Waals surface area contributed by atoms with Crippen LogP contribution < -0.4 is 5.32 Å². The van der Waals surface area contributed by atoms with Crippen molar-refractivity contribution in [2.24, 2.45) is 5.41 Å². The average molecular weight is 195 g/mol. The van der Waals surface area contributed by atoms with E-state index in [-0.39, 0.29) is 11.3 Å². The van der Waals surface area contributed by atoms with Crippen molar-refractivity contribution in [1.29, 1.82) is 0 Å². The minimum absolute atomic E-state index is 0.0280. The number of rotatable bonds is 3. The van der Waals surface area contributed by atoms with Crippen LogP contribution in [0.3, 0.4) is 0 Å². The Bertz CT molecular complexity index is 256. The summed E-state index contributed by atoms with van der Waals surface area (Å²) in [5, 5.41) is 2.88. The SMILES string of the molecule is C=C/C(NC(=O)C(C)(C)C)=C(\C)CC. The zero-order chi connectivity index (χ0) is 11.4. The molecule has 1 amide bonds. The topological polar surface area (TPSA) is 29.1 Å². The molecular formula is C12H21NO. The first kappa shape index (κ1) is 12.9. The average Bonchev–Trinajstić information content (AvgIpc) is 2.10. The molecule has 0 fully saturated rings. The third-order valence-corrected chi connectivity index (χ3v) is 2.12. The maximum atomic E-state index is 11.7. The molecule has 0 spiro atoms. The Morgan fingerprint density at radius 3 is 2.21 bits per heavy atom. The van der Waals surface area contributed by atoms with Crippen molar-refractivity contribution in [2.45, 2.75) is 41.0 Å². The predicted molar refractivity (Wildman–Crippen MR) is 60.8 cm³/mol. The molecule has 0 aliphatic carbocycles. The molecule has 14 heavy (non-hydrogen) atoms. The fourth-order valence-corrected chi connectivity index (χ4v) is 0.832. The van der Waals surface area contributed by atoms with Gasteiger partial charge in [-0.1, -0.05) is 39.8 Å². The van der Waals surface area contributed by atoms with Gasteiger partial charge < -0.3 is 5.32 Å². The molecule has 0 aromatic carbocycles. The molecule has 0 atom stereocenters. The summed E-state index contributed by atoms with van der Waals surface area (Å²) in [5.74, 6) is 0.0280. The van der Waals surface area contributed by atoms with Gasteiger partial charge in [0.1, 0.15) is 0 Å². The Balaban J connectivity index is 4.66. The molecule has 0 aromatic rings. The molecule has 0 aliphatic heterocycles. The lowest BCUT2D eigenvalue weighted by Gasteiger charge is -2.19. The number of carbonyl (C=O) groups is 1. The van der Waals surface area contributed by atoms with Crippen molar-refractivity contribution in [2.75, 3.05) is 0 Å². The van der Waals surface area contributed by atoms with Crippen LogP contribution in [-0.2, 0) is 4.79 Å². The summed E-state index contributed by atoms with van der Waals surface area (Å²) in [6.45, 7) is 13.4. The fourth-order valence-electron chi connectivity index (χ4n) is 0.832. The molecule has 2 nitrogen and oxygen atoms in total. The van der Waals surface area contributed by atoms with E-state index in [2.05, 4.69) is 18.8 Å². The molecule has 0 saturated carbocycles. The minimum Gasteiger partial charge on any atom is -0.326 e. The molecule has 1 N–H and O–H groups in total. The summed E-state index contributed by atoms with van der Waals surface area (Å²) in [6, 6.07) is 0. The lowest BCUT2D eigenvalue weighted by molar-refractivity contribution is -0.127. The molecular weight excluding hydrogens is 174 g/mol. The number of nitrogens with one attached hydrogen (secondary N) is 1. The predicted octanol–water partition coefficient (Wildman–Crippen LogP) is 3.02. The van der Waals surface area contributed by atoms with Gasteiger partial charge in [-0.05, 0) is 19.4 Å². The van der Waals surface area contributed by atoms with E-state index in [1.165, 1.54) is 0 Å². The molecule has 0 saturated heterocycles. The van der Waals surface area contributed by atoms with E-state index in [0.717, 1.165) is 17.7 Å². The smallest absolute Gasteiger partial charge is 0.229 e. The van der Waals surface area contributed by atoms with Gasteiger partial charge in [-0.25, -0.2) is 0 Å². The van der Waals surface area contributed by atoms with Crippen LogP contribution in [0.5, 0.6) is 0 Å². The van der Waals surface area contributed by atoms with Crippen molar-refractivity contribution >= 4 is 5.91 Å². The fraction of sp³-hybridized carbons (Fsp3) is 0.583. The molecule has 0 aliphatic rings. The number of hydrogen-bond donors (Lipinski definition) is 1. The second-order valence-electron chi connectivity index (χ2n) is 4.46. The molecule has 2 heteroatoms. The van der Waals surface area contributed by atoms with Gasteiger partial charge in [0.25, 0.3) is 0 Å². The van der Waals surface area contributed by atoms with E-state index >= 15 is 0 Å². The van der Waals surface area contributed by atoms with E-state index in [9.17, 15) is 4.79 Å². The largest absolute Gasteiger partial charge is 0.326 e. The van der Waals surface area contributed by atoms with Crippen molar-refractivity contribution in [3.63, 3.8) is 0 Å². The first-order chi connectivity index (χ1) is 6.32. The number of amides is 1. The third-order valence-electron chi connectivity index (χ3n) is 2.12. The molecule has 0 radical (unpaired) electrons. The summed E-state index contributed by atoms with van der Waals surface area (Å²) in [5.41, 5.74) is 1.63. The van der Waals surface area contributed by atoms with Crippen LogP contribution in [0.2, 0.25) is 0 Å². The van der Waals surface area contributed by atoms with Gasteiger partial charge in [-0.3, -0.25) is 4.79 Å². The summed E-state index contributed by atoms with van der Waals surface area (Å²) in [7, 11) is 0. The summed E-state index contributed by atoms with van der Waals surface area (Å²) in [4.78, 5) is 11.7. The second-order valence-corrected chi connectivity index (χ2v) is 4.46. The molecule has 0 rings (SSSR count). The summed E-state index contributed by atoms with van der Waals surface area (Å²) in [6.07, 6.45) is 2.62. The van der Waals surface area contributed by atoms with E-state index in [1.54, 1.807) is 6.08 Å². The zero-order valence-corrected chi connectivity index (χ0v) is 9.90. The lowest BCUT2D eigenvalue weighted by atomic mass is 9.95. The van der Waals surface area contributed by atoms with Crippen LogP contribution in [0.15, 0.2) is 23.9 Å². The highest BCUT2D eigenvalue weighted by molar-refractivity contribution is 5.83. The van der Waals surface area contributed by atoms with Gasteiger partial charge in [0.2, 0.25) is 5.91 Å². The van der Waals surface area contributed by atoms with Crippen LogP contribution in [0.1, 0.15) is 41.0 Å². The maximum Gasteiger partial charge on any atom is 0.229 e. The minimum atomic E-state index is -0.359. The Labute approximate surface area is 87.1 Å². The van der Waals surface area contributed by atoms with Crippen molar-refractivity contribution in [3.8, 4) is 0 Å². The quantitative estimate of drug-likeness (QED) is 0.689. The first-order valence-electron chi connectivity index (χ1n) is 4.96. The maximum absolute atomic E-state index is 11.7. The number of carbonyl (C=O) groups excluding carboxylic acids is 1. The number of hydrogen-bond acceptors (Lipinski definition) is 1. The Morgan fingerprint density at radius 1 is 1.43 bits per heavy atom. The van der Waals surface area contributed by atoms with Crippen molar-refractivity contribution in [3.05, 3.63) is 23.9 Å². The van der Waals surface area contributed by atoms with Gasteiger partial charge in [0.05, 0.1) is 0 Å². The van der Waals surface area contributed by atoms with Crippen molar-refractivity contribution in [1.82, 2.24) is 5.32 Å². The zero-order valence-electron chi connectivity index (χ0n) is 9.90. The standard InChI is InChI=1S/C12H21NO/c1-7-9(3)10(8-2)13-11(14)12(4,5)6/h8H,2,7H2,1,3-6H3,(H,13,14)/b10-9-. The van der Waals surface area contributed by atoms with Crippen LogP contribution in [-0.4, -0.2) is 5.91 Å². The Kier molecular flexibility index (Phi) is 4.61. The lowest BCUT2D eigenvalue weighted by Crippen LogP contribution is -2.34. The van der Waals surface area contributed by atoms with Gasteiger partial charge >= 0.3 is 0 Å². The van der Waals surface area contributed by atoms with Gasteiger partial charge in [-0.15, -0.1) is 0 Å². The highest BCUT2D eigenvalue weighted by atomic mass is 16.2. The Morgan fingerprint density at radius 2 is 1.93 bits per heavy atom. The summed E-state index contributed by atoms with van der Waals surface area (Å²) < 4.78 is 0. The molecule has 80 valence electrons. The third kappa shape index (κ3) is 3.77. The van der Waals surface area contributed by atoms with Crippen LogP contribution in [0, 0.1) is 5.41 Å². The van der Waals surface area contributed by atoms with Crippen LogP contribution in [0.4, 0.5) is 0 Å². The van der Waals surface area contributed by atoms with E-state index in [0.29, 0.717) is 0 Å². The molecule has 0 bridgehead atoms. The van der Waals surface area contributed by atoms with E-state index in [1.807, 2.05) is 27.7 Å². The van der Waals surface area contributed by atoms with Gasteiger partial charge in [0, 0.05) is 11.1 Å². The first-order valence-corrected chi connectivity index (χ1v) is 4.96. The monoisotopic (exact) mass is 195 g/mol. The molecule has 0 aromatic heterocycles. The molecule has 0 heterocycles.